The van der Waals surface area contributed by atoms with E-state index in [1.54, 1.807) is 7.05 Å². The number of hydrogen-bond donors (Lipinski definition) is 1. The van der Waals surface area contributed by atoms with Crippen LogP contribution < -0.4 is 10.1 Å². The first kappa shape index (κ1) is 12.1. The minimum Gasteiger partial charge on any atom is -0.457 e. The summed E-state index contributed by atoms with van der Waals surface area (Å²) in [5.41, 5.74) is 0. The number of ether oxygens (including phenoxy) is 1. The van der Waals surface area contributed by atoms with Crippen LogP contribution in [0.1, 0.15) is 0 Å². The molecule has 2 rings (SSSR count). The lowest BCUT2D eigenvalue weighted by Crippen LogP contribution is -2.13. The molecule has 0 amide bonds. The zero-order valence-electron chi connectivity index (χ0n) is 9.29. The van der Waals surface area contributed by atoms with Gasteiger partial charge in [-0.25, -0.2) is 13.8 Å². The van der Waals surface area contributed by atoms with Gasteiger partial charge in [-0.3, -0.25) is 0 Å². The number of alkyl halides is 2. The van der Waals surface area contributed by atoms with Crippen molar-refractivity contribution in [3.8, 4) is 12.0 Å². The molecule has 0 saturated carbocycles. The number of halogens is 2. The molecule has 1 N–H and O–H groups in total. The van der Waals surface area contributed by atoms with Crippen LogP contribution in [-0.4, -0.2) is 49.8 Å². The Kier molecular flexibility index (Phi) is 3.55. The van der Waals surface area contributed by atoms with Gasteiger partial charge in [0.1, 0.15) is 12.7 Å². The van der Waals surface area contributed by atoms with Crippen molar-refractivity contribution in [2.45, 2.75) is 6.43 Å². The van der Waals surface area contributed by atoms with E-state index in [0.717, 1.165) is 0 Å². The first-order valence-corrected chi connectivity index (χ1v) is 4.89. The van der Waals surface area contributed by atoms with Crippen molar-refractivity contribution in [3.63, 3.8) is 0 Å². The summed E-state index contributed by atoms with van der Waals surface area (Å²) in [5.74, 6) is 0.302. The monoisotopic (exact) mass is 257 g/mol. The molecule has 0 aliphatic rings. The fraction of sp³-hybridized carbons (Fsp3) is 0.375. The predicted molar refractivity (Wildman–Crippen MR) is 55.8 cm³/mol. The minimum absolute atomic E-state index is 0.121. The van der Waals surface area contributed by atoms with E-state index >= 15 is 0 Å². The van der Waals surface area contributed by atoms with Crippen molar-refractivity contribution in [1.82, 2.24) is 29.7 Å². The second-order valence-electron chi connectivity index (χ2n) is 3.03. The summed E-state index contributed by atoms with van der Waals surface area (Å²) in [7, 11) is 1.58. The van der Waals surface area contributed by atoms with Gasteiger partial charge in [-0.05, 0) is 0 Å². The maximum Gasteiger partial charge on any atom is 0.323 e. The van der Waals surface area contributed by atoms with E-state index in [9.17, 15) is 8.78 Å². The molecule has 0 aliphatic heterocycles. The zero-order chi connectivity index (χ0) is 13.0. The van der Waals surface area contributed by atoms with Crippen molar-refractivity contribution < 1.29 is 13.5 Å². The molecule has 0 aromatic carbocycles. The van der Waals surface area contributed by atoms with Crippen molar-refractivity contribution in [2.24, 2.45) is 0 Å². The number of rotatable bonds is 5. The second kappa shape index (κ2) is 5.29. The van der Waals surface area contributed by atoms with Gasteiger partial charge < -0.3 is 10.1 Å². The van der Waals surface area contributed by atoms with Crippen LogP contribution in [0, 0.1) is 0 Å². The van der Waals surface area contributed by atoms with Crippen LogP contribution in [0.25, 0.3) is 5.95 Å². The molecule has 0 unspecified atom stereocenters. The smallest absolute Gasteiger partial charge is 0.323 e. The van der Waals surface area contributed by atoms with Crippen molar-refractivity contribution in [3.05, 3.63) is 12.7 Å². The average molecular weight is 257 g/mol. The quantitative estimate of drug-likeness (QED) is 0.814. The van der Waals surface area contributed by atoms with E-state index < -0.39 is 13.0 Å². The Hall–Kier alpha value is -2.39. The second-order valence-corrected chi connectivity index (χ2v) is 3.03. The highest BCUT2D eigenvalue weighted by Gasteiger charge is 2.11. The summed E-state index contributed by atoms with van der Waals surface area (Å²) in [6.45, 7) is -0.788. The molecular weight excluding hydrogens is 248 g/mol. The first-order valence-electron chi connectivity index (χ1n) is 4.89. The van der Waals surface area contributed by atoms with Gasteiger partial charge in [0.25, 0.3) is 12.4 Å². The summed E-state index contributed by atoms with van der Waals surface area (Å²) in [5, 5.41) is 6.49. The molecule has 0 spiro atoms. The van der Waals surface area contributed by atoms with E-state index in [0.29, 0.717) is 0 Å². The molecule has 0 saturated heterocycles. The molecule has 96 valence electrons. The molecule has 2 aromatic heterocycles. The van der Waals surface area contributed by atoms with E-state index in [2.05, 4.69) is 30.4 Å². The SMILES string of the molecule is CNc1nc(OCC(F)F)nc(-n2cncn2)n1. The van der Waals surface area contributed by atoms with Crippen molar-refractivity contribution >= 4 is 5.95 Å². The van der Waals surface area contributed by atoms with Gasteiger partial charge in [0, 0.05) is 7.05 Å². The topological polar surface area (TPSA) is 90.6 Å². The summed E-state index contributed by atoms with van der Waals surface area (Å²) in [6.07, 6.45) is 0.0587. The summed E-state index contributed by atoms with van der Waals surface area (Å²) < 4.78 is 30.1. The van der Waals surface area contributed by atoms with E-state index in [1.807, 2.05) is 0 Å². The number of nitrogens with zero attached hydrogens (tertiary/aromatic N) is 6. The number of hydrogen-bond acceptors (Lipinski definition) is 7. The summed E-state index contributed by atoms with van der Waals surface area (Å²) in [4.78, 5) is 15.3. The average Bonchev–Trinajstić information content (AvgIpc) is 2.89. The lowest BCUT2D eigenvalue weighted by Gasteiger charge is -2.07. The van der Waals surface area contributed by atoms with Crippen LogP contribution in [0.4, 0.5) is 14.7 Å². The molecule has 8 nitrogen and oxygen atoms in total. The van der Waals surface area contributed by atoms with E-state index in [4.69, 9.17) is 4.74 Å². The standard InChI is InChI=1S/C8H9F2N7O/c1-11-6-14-7(17-4-12-3-13-17)16-8(15-6)18-2-5(9)10/h3-5H,2H2,1H3,(H,11,14,15,16). The molecule has 2 heterocycles. The van der Waals surface area contributed by atoms with Crippen LogP contribution in [0.5, 0.6) is 6.01 Å². The van der Waals surface area contributed by atoms with Crippen LogP contribution >= 0.6 is 0 Å². The van der Waals surface area contributed by atoms with Crippen LogP contribution in [0.3, 0.4) is 0 Å². The molecule has 18 heavy (non-hydrogen) atoms. The van der Waals surface area contributed by atoms with Gasteiger partial charge in [0.05, 0.1) is 0 Å². The Morgan fingerprint density at radius 2 is 2.22 bits per heavy atom. The molecule has 0 radical (unpaired) electrons. The Balaban J connectivity index is 2.27. The van der Waals surface area contributed by atoms with Gasteiger partial charge in [-0.1, -0.05) is 0 Å². The van der Waals surface area contributed by atoms with E-state index in [-0.39, 0.29) is 17.9 Å². The first-order chi connectivity index (χ1) is 8.69. The predicted octanol–water partition coefficient (Wildman–Crippen LogP) is 0.138. The molecule has 0 bridgehead atoms. The highest BCUT2D eigenvalue weighted by atomic mass is 19.3. The lowest BCUT2D eigenvalue weighted by atomic mass is 10.7. The summed E-state index contributed by atoms with van der Waals surface area (Å²) in [6, 6.07) is -0.208. The largest absolute Gasteiger partial charge is 0.457 e. The summed E-state index contributed by atoms with van der Waals surface area (Å²) >= 11 is 0. The Labute approximate surface area is 100 Å². The third kappa shape index (κ3) is 2.84. The van der Waals surface area contributed by atoms with Crippen LogP contribution in [-0.2, 0) is 0 Å². The van der Waals surface area contributed by atoms with Crippen molar-refractivity contribution in [2.75, 3.05) is 19.0 Å². The highest BCUT2D eigenvalue weighted by Crippen LogP contribution is 2.10. The normalized spacial score (nSPS) is 10.7. The number of anilines is 1. The highest BCUT2D eigenvalue weighted by molar-refractivity contribution is 5.28. The van der Waals surface area contributed by atoms with Gasteiger partial charge in [-0.2, -0.15) is 24.7 Å². The minimum atomic E-state index is -2.60. The molecular formula is C8H9F2N7O. The third-order valence-corrected chi connectivity index (χ3v) is 1.79. The Morgan fingerprint density at radius 1 is 1.39 bits per heavy atom. The Morgan fingerprint density at radius 3 is 2.83 bits per heavy atom. The Bertz CT molecular complexity index is 504. The molecule has 0 atom stereocenters. The van der Waals surface area contributed by atoms with Gasteiger partial charge >= 0.3 is 6.01 Å². The molecule has 0 aliphatic carbocycles. The third-order valence-electron chi connectivity index (χ3n) is 1.79. The molecule has 0 fully saturated rings. The van der Waals surface area contributed by atoms with Gasteiger partial charge in [-0.15, -0.1) is 0 Å². The number of aromatic nitrogens is 6. The van der Waals surface area contributed by atoms with E-state index in [1.165, 1.54) is 17.3 Å². The van der Waals surface area contributed by atoms with Crippen molar-refractivity contribution in [1.29, 1.82) is 0 Å². The molecule has 10 heteroatoms. The fourth-order valence-corrected chi connectivity index (χ4v) is 1.07. The zero-order valence-corrected chi connectivity index (χ0v) is 9.29. The van der Waals surface area contributed by atoms with Gasteiger partial charge in [0.2, 0.25) is 5.95 Å². The number of nitrogens with one attached hydrogen (secondary N) is 1. The van der Waals surface area contributed by atoms with Crippen LogP contribution in [0.2, 0.25) is 0 Å². The van der Waals surface area contributed by atoms with Crippen LogP contribution in [0.15, 0.2) is 12.7 Å². The maximum absolute atomic E-state index is 12.0. The maximum atomic E-state index is 12.0. The molecule has 2 aromatic rings. The fourth-order valence-electron chi connectivity index (χ4n) is 1.07. The lowest BCUT2D eigenvalue weighted by molar-refractivity contribution is 0.0769. The van der Waals surface area contributed by atoms with Gasteiger partial charge in [0.15, 0.2) is 6.61 Å².